The first kappa shape index (κ1) is 27.0. The molecule has 2 aromatic heterocycles. The Bertz CT molecular complexity index is 2570. The van der Waals surface area contributed by atoms with E-state index in [1.165, 1.54) is 5.39 Å². The van der Waals surface area contributed by atoms with Gasteiger partial charge in [-0.3, -0.25) is 0 Å². The Morgan fingerprint density at radius 3 is 1.83 bits per heavy atom. The van der Waals surface area contributed by atoms with Gasteiger partial charge < -0.3 is 4.42 Å². The minimum Gasteiger partial charge on any atom is -0.455 e. The maximum absolute atomic E-state index is 6.49. The van der Waals surface area contributed by atoms with Gasteiger partial charge in [0.25, 0.3) is 0 Å². The van der Waals surface area contributed by atoms with Crippen molar-refractivity contribution < 1.29 is 4.42 Å². The van der Waals surface area contributed by atoms with Crippen molar-refractivity contribution in [2.75, 3.05) is 0 Å². The Labute approximate surface area is 272 Å². The topological polar surface area (TPSA) is 38.9 Å². The molecule has 47 heavy (non-hydrogen) atoms. The van der Waals surface area contributed by atoms with E-state index in [-0.39, 0.29) is 0 Å². The molecule has 0 radical (unpaired) electrons. The molecule has 3 nitrogen and oxygen atoms in total. The number of hydrogen-bond donors (Lipinski definition) is 0. The van der Waals surface area contributed by atoms with Gasteiger partial charge in [-0.2, -0.15) is 0 Å². The Morgan fingerprint density at radius 1 is 0.362 bits per heavy atom. The van der Waals surface area contributed by atoms with E-state index in [9.17, 15) is 0 Å². The Balaban J connectivity index is 1.29. The number of furan rings is 1. The number of rotatable bonds is 5. The SMILES string of the molecule is c1ccc(-c2cc(-c3cc(-c4ccccc4)nc(-c4ccc5ccccc5c4)n3)cc(-c3cccc4c3oc3ccccc34)c2)cc1. The summed E-state index contributed by atoms with van der Waals surface area (Å²) in [6.07, 6.45) is 0. The van der Waals surface area contributed by atoms with E-state index in [1.807, 2.05) is 18.2 Å². The highest BCUT2D eigenvalue weighted by Gasteiger charge is 2.17. The van der Waals surface area contributed by atoms with E-state index >= 15 is 0 Å². The highest BCUT2D eigenvalue weighted by atomic mass is 16.3. The molecule has 220 valence electrons. The predicted octanol–water partition coefficient (Wildman–Crippen LogP) is 11.9. The molecule has 0 bridgehead atoms. The molecule has 9 rings (SSSR count). The molecular formula is C44H28N2O. The van der Waals surface area contributed by atoms with Gasteiger partial charge >= 0.3 is 0 Å². The third-order valence-electron chi connectivity index (χ3n) is 8.85. The summed E-state index contributed by atoms with van der Waals surface area (Å²) >= 11 is 0. The van der Waals surface area contributed by atoms with E-state index < -0.39 is 0 Å². The number of fused-ring (bicyclic) bond motifs is 4. The number of para-hydroxylation sites is 2. The zero-order chi connectivity index (χ0) is 31.2. The maximum Gasteiger partial charge on any atom is 0.160 e. The number of benzene rings is 7. The monoisotopic (exact) mass is 600 g/mol. The Morgan fingerprint density at radius 2 is 1.00 bits per heavy atom. The largest absolute Gasteiger partial charge is 0.455 e. The highest BCUT2D eigenvalue weighted by molar-refractivity contribution is 6.09. The second kappa shape index (κ2) is 11.2. The lowest BCUT2D eigenvalue weighted by atomic mass is 9.93. The molecule has 0 atom stereocenters. The Kier molecular flexibility index (Phi) is 6.46. The van der Waals surface area contributed by atoms with Crippen LogP contribution in [0.25, 0.3) is 88.9 Å². The van der Waals surface area contributed by atoms with Crippen LogP contribution >= 0.6 is 0 Å². The highest BCUT2D eigenvalue weighted by Crippen LogP contribution is 2.39. The van der Waals surface area contributed by atoms with Gasteiger partial charge in [-0.25, -0.2) is 9.97 Å². The third-order valence-corrected chi connectivity index (χ3v) is 8.85. The minimum absolute atomic E-state index is 0.693. The van der Waals surface area contributed by atoms with Crippen molar-refractivity contribution in [3.05, 3.63) is 170 Å². The molecule has 2 heterocycles. The standard InChI is InChI=1S/C44H28N2O/c1-3-12-29(13-4-1)34-25-35(37-19-11-20-39-38-18-9-10-21-42(38)47-43(37)39)27-36(26-34)41-28-40(31-15-5-2-6-16-31)45-44(46-41)33-23-22-30-14-7-8-17-32(30)24-33/h1-28H. The van der Waals surface area contributed by atoms with Crippen LogP contribution in [0.3, 0.4) is 0 Å². The van der Waals surface area contributed by atoms with Crippen LogP contribution in [0.4, 0.5) is 0 Å². The molecule has 9 aromatic rings. The number of hydrogen-bond acceptors (Lipinski definition) is 3. The first-order chi connectivity index (χ1) is 23.3. The number of nitrogens with zero attached hydrogens (tertiary/aromatic N) is 2. The zero-order valence-electron chi connectivity index (χ0n) is 25.5. The molecule has 0 amide bonds. The third kappa shape index (κ3) is 4.95. The quantitative estimate of drug-likeness (QED) is 0.197. The lowest BCUT2D eigenvalue weighted by molar-refractivity contribution is 0.670. The molecule has 0 aliphatic carbocycles. The second-order valence-corrected chi connectivity index (χ2v) is 11.8. The summed E-state index contributed by atoms with van der Waals surface area (Å²) in [6, 6.07) is 59.2. The molecule has 3 heteroatoms. The fraction of sp³-hybridized carbons (Fsp3) is 0. The average molecular weight is 601 g/mol. The molecule has 0 unspecified atom stereocenters. The molecule has 0 aliphatic heterocycles. The zero-order valence-corrected chi connectivity index (χ0v) is 25.5. The van der Waals surface area contributed by atoms with E-state index in [2.05, 4.69) is 152 Å². The van der Waals surface area contributed by atoms with Crippen molar-refractivity contribution in [3.8, 4) is 56.2 Å². The van der Waals surface area contributed by atoms with Crippen LogP contribution in [0, 0.1) is 0 Å². The van der Waals surface area contributed by atoms with Crippen molar-refractivity contribution >= 4 is 32.7 Å². The van der Waals surface area contributed by atoms with Crippen LogP contribution < -0.4 is 0 Å². The van der Waals surface area contributed by atoms with E-state index in [1.54, 1.807) is 0 Å². The fourth-order valence-electron chi connectivity index (χ4n) is 6.51. The smallest absolute Gasteiger partial charge is 0.160 e. The van der Waals surface area contributed by atoms with Crippen molar-refractivity contribution in [1.29, 1.82) is 0 Å². The minimum atomic E-state index is 0.693. The predicted molar refractivity (Wildman–Crippen MR) is 194 cm³/mol. The number of aromatic nitrogens is 2. The van der Waals surface area contributed by atoms with E-state index in [0.29, 0.717) is 5.82 Å². The summed E-state index contributed by atoms with van der Waals surface area (Å²) in [5, 5.41) is 4.58. The van der Waals surface area contributed by atoms with Crippen LogP contribution in [0.1, 0.15) is 0 Å². The average Bonchev–Trinajstić information content (AvgIpc) is 3.54. The van der Waals surface area contributed by atoms with Gasteiger partial charge in [-0.15, -0.1) is 0 Å². The molecule has 7 aromatic carbocycles. The van der Waals surface area contributed by atoms with Crippen molar-refractivity contribution in [1.82, 2.24) is 9.97 Å². The summed E-state index contributed by atoms with van der Waals surface area (Å²) in [6.45, 7) is 0. The van der Waals surface area contributed by atoms with E-state index in [0.717, 1.165) is 77.7 Å². The fourth-order valence-corrected chi connectivity index (χ4v) is 6.51. The van der Waals surface area contributed by atoms with E-state index in [4.69, 9.17) is 14.4 Å². The second-order valence-electron chi connectivity index (χ2n) is 11.8. The summed E-state index contributed by atoms with van der Waals surface area (Å²) in [5.41, 5.74) is 10.9. The normalized spacial score (nSPS) is 11.4. The molecule has 0 fully saturated rings. The maximum atomic E-state index is 6.49. The van der Waals surface area contributed by atoms with Crippen molar-refractivity contribution in [2.24, 2.45) is 0 Å². The molecule has 0 aliphatic rings. The summed E-state index contributed by atoms with van der Waals surface area (Å²) < 4.78 is 6.49. The molecule has 0 spiro atoms. The van der Waals surface area contributed by atoms with Gasteiger partial charge in [0.15, 0.2) is 5.82 Å². The van der Waals surface area contributed by atoms with Crippen LogP contribution in [-0.2, 0) is 0 Å². The van der Waals surface area contributed by atoms with Gasteiger partial charge in [-0.05, 0) is 63.9 Å². The first-order valence-electron chi connectivity index (χ1n) is 15.8. The van der Waals surface area contributed by atoms with Crippen LogP contribution in [-0.4, -0.2) is 9.97 Å². The lowest BCUT2D eigenvalue weighted by Crippen LogP contribution is -1.96. The lowest BCUT2D eigenvalue weighted by Gasteiger charge is -2.13. The van der Waals surface area contributed by atoms with Gasteiger partial charge in [0.05, 0.1) is 11.4 Å². The Hall–Kier alpha value is -6.32. The molecule has 0 N–H and O–H groups in total. The molecule has 0 saturated carbocycles. The summed E-state index contributed by atoms with van der Waals surface area (Å²) in [4.78, 5) is 10.3. The first-order valence-corrected chi connectivity index (χ1v) is 15.8. The van der Waals surface area contributed by atoms with Crippen molar-refractivity contribution in [3.63, 3.8) is 0 Å². The van der Waals surface area contributed by atoms with Crippen LogP contribution in [0.5, 0.6) is 0 Å². The van der Waals surface area contributed by atoms with Crippen LogP contribution in [0.2, 0.25) is 0 Å². The van der Waals surface area contributed by atoms with Gasteiger partial charge in [0.1, 0.15) is 11.2 Å². The van der Waals surface area contributed by atoms with Crippen molar-refractivity contribution in [2.45, 2.75) is 0 Å². The summed E-state index contributed by atoms with van der Waals surface area (Å²) in [7, 11) is 0. The van der Waals surface area contributed by atoms with Gasteiger partial charge in [-0.1, -0.05) is 133 Å². The van der Waals surface area contributed by atoms with Gasteiger partial charge in [0.2, 0.25) is 0 Å². The molecule has 0 saturated heterocycles. The molecular weight excluding hydrogens is 572 g/mol. The van der Waals surface area contributed by atoms with Gasteiger partial charge in [0, 0.05) is 33.0 Å². The van der Waals surface area contributed by atoms with Crippen LogP contribution in [0.15, 0.2) is 174 Å². The summed E-state index contributed by atoms with van der Waals surface area (Å²) in [5.74, 6) is 0.693.